The lowest BCUT2D eigenvalue weighted by Gasteiger charge is -2.20. The highest BCUT2D eigenvalue weighted by molar-refractivity contribution is 6.01. The van der Waals surface area contributed by atoms with Crippen molar-refractivity contribution < 1.29 is 36.9 Å². The van der Waals surface area contributed by atoms with Crippen molar-refractivity contribution in [2.24, 2.45) is 11.7 Å². The van der Waals surface area contributed by atoms with Gasteiger partial charge in [-0.15, -0.1) is 0 Å². The maximum absolute atomic E-state index is 13.0. The summed E-state index contributed by atoms with van der Waals surface area (Å²) in [6.07, 6.45) is -2.59. The van der Waals surface area contributed by atoms with Crippen molar-refractivity contribution in [3.05, 3.63) is 101 Å². The number of halogens is 4. The Morgan fingerprint density at radius 1 is 0.957 bits per heavy atom. The summed E-state index contributed by atoms with van der Waals surface area (Å²) in [6.45, 7) is 6.03. The Hall–Kier alpha value is -4.57. The number of hydrogen-bond donors (Lipinski definition) is 2. The molecule has 0 aromatic heterocycles. The molecule has 0 heterocycles. The van der Waals surface area contributed by atoms with Gasteiger partial charge in [0.15, 0.2) is 0 Å². The first-order valence-corrected chi connectivity index (χ1v) is 15.1. The molecule has 1 fully saturated rings. The van der Waals surface area contributed by atoms with E-state index in [0.717, 1.165) is 56.6 Å². The van der Waals surface area contributed by atoms with Crippen LogP contribution in [0.2, 0.25) is 0 Å². The number of methoxy groups -OCH3 is 2. The lowest BCUT2D eigenvalue weighted by molar-refractivity contribution is -0.147. The first-order valence-electron chi connectivity index (χ1n) is 15.1. The fourth-order valence-electron chi connectivity index (χ4n) is 5.23. The van der Waals surface area contributed by atoms with Crippen LogP contribution in [-0.2, 0) is 17.8 Å². The summed E-state index contributed by atoms with van der Waals surface area (Å²) in [5, 5.41) is 11.2. The molecule has 0 saturated heterocycles. The average Bonchev–Trinajstić information content (AvgIpc) is 3.86. The van der Waals surface area contributed by atoms with E-state index in [1.165, 1.54) is 6.07 Å². The largest absolute Gasteiger partial charge is 0.496 e. The van der Waals surface area contributed by atoms with E-state index in [-0.39, 0.29) is 17.9 Å². The summed E-state index contributed by atoms with van der Waals surface area (Å²) in [4.78, 5) is 13.2. The fourth-order valence-corrected chi connectivity index (χ4v) is 5.23. The summed E-state index contributed by atoms with van der Waals surface area (Å²) in [5.74, 6) is -0.517. The van der Waals surface area contributed by atoms with Gasteiger partial charge in [0.25, 0.3) is 0 Å². The molecule has 0 aliphatic heterocycles. The summed E-state index contributed by atoms with van der Waals surface area (Å²) in [6, 6.07) is 21.0. The summed E-state index contributed by atoms with van der Waals surface area (Å²) in [7, 11) is 7.39. The van der Waals surface area contributed by atoms with Gasteiger partial charge in [0.1, 0.15) is 17.3 Å². The molecule has 6 nitrogen and oxygen atoms in total. The van der Waals surface area contributed by atoms with E-state index < -0.39 is 18.1 Å². The molecule has 3 N–H and O–H groups in total. The SMILES string of the molecule is C=C(N)c1c(C)cccc1F.COc1ccc(CN(C)C)c(OC)c1-c1cccc2c(CCC(=O)O)cccc12.FC(F)(F)C1CC1. The molecule has 4 aromatic carbocycles. The van der Waals surface area contributed by atoms with Gasteiger partial charge in [0.05, 0.1) is 25.7 Å². The van der Waals surface area contributed by atoms with Gasteiger partial charge in [0, 0.05) is 29.8 Å². The van der Waals surface area contributed by atoms with Crippen molar-refractivity contribution in [2.75, 3.05) is 28.3 Å². The molecule has 4 aromatic rings. The van der Waals surface area contributed by atoms with Crippen molar-refractivity contribution in [1.29, 1.82) is 0 Å². The van der Waals surface area contributed by atoms with E-state index in [4.69, 9.17) is 20.3 Å². The van der Waals surface area contributed by atoms with Crippen molar-refractivity contribution in [3.63, 3.8) is 0 Å². The number of aliphatic carboxylic acids is 1. The highest BCUT2D eigenvalue weighted by atomic mass is 19.4. The fraction of sp³-hybridized carbons (Fsp3) is 0.324. The van der Waals surface area contributed by atoms with Crippen LogP contribution in [0.4, 0.5) is 17.6 Å². The second-order valence-electron chi connectivity index (χ2n) is 11.6. The third kappa shape index (κ3) is 9.96. The van der Waals surface area contributed by atoms with Gasteiger partial charge in [-0.3, -0.25) is 4.79 Å². The van der Waals surface area contributed by atoms with E-state index in [1.54, 1.807) is 33.3 Å². The van der Waals surface area contributed by atoms with Crippen LogP contribution in [0.3, 0.4) is 0 Å². The standard InChI is InChI=1S/C24H27NO4.C9H10FN.C4H5F3/c1-25(2)15-17-11-13-21(28-3)23(24(17)29-4)20-10-6-8-18-16(12-14-22(26)27)7-5-9-19(18)20;1-6-4-3-5-8(10)9(6)7(2)11;5-4(6,7)3-1-2-3/h5-11,13H,12,14-15H2,1-4H3,(H,26,27);3-5H,2,11H2,1H3;3H,1-2H2. The lowest BCUT2D eigenvalue weighted by Crippen LogP contribution is -2.12. The highest BCUT2D eigenvalue weighted by Gasteiger charge is 2.46. The predicted molar refractivity (Wildman–Crippen MR) is 179 cm³/mol. The molecule has 1 saturated carbocycles. The molecule has 0 radical (unpaired) electrons. The van der Waals surface area contributed by atoms with Gasteiger partial charge in [-0.05, 0) is 79.9 Å². The molecular weight excluding hydrogens is 612 g/mol. The molecule has 1 aliphatic rings. The predicted octanol–water partition coefficient (Wildman–Crippen LogP) is 8.63. The number of carboxylic acid groups (broad SMARTS) is 1. The molecule has 252 valence electrons. The van der Waals surface area contributed by atoms with Gasteiger partial charge < -0.3 is 25.2 Å². The smallest absolute Gasteiger partial charge is 0.391 e. The zero-order chi connectivity index (χ0) is 34.9. The first-order chi connectivity index (χ1) is 22.2. The number of fused-ring (bicyclic) bond motifs is 1. The van der Waals surface area contributed by atoms with Crippen LogP contribution in [0.5, 0.6) is 11.5 Å². The van der Waals surface area contributed by atoms with Gasteiger partial charge in [-0.2, -0.15) is 13.2 Å². The number of nitrogens with zero attached hydrogens (tertiary/aromatic N) is 1. The molecule has 0 spiro atoms. The number of carboxylic acids is 1. The monoisotopic (exact) mass is 654 g/mol. The van der Waals surface area contributed by atoms with Gasteiger partial charge in [-0.25, -0.2) is 4.39 Å². The average molecular weight is 655 g/mol. The number of carbonyl (C=O) groups is 1. The van der Waals surface area contributed by atoms with Gasteiger partial charge in [0.2, 0.25) is 0 Å². The number of hydrogen-bond acceptors (Lipinski definition) is 5. The highest BCUT2D eigenvalue weighted by Crippen LogP contribution is 2.45. The molecule has 0 amide bonds. The Morgan fingerprint density at radius 2 is 1.60 bits per heavy atom. The number of benzene rings is 4. The number of alkyl halides is 3. The third-order valence-electron chi connectivity index (χ3n) is 7.58. The second kappa shape index (κ2) is 16.3. The third-order valence-corrected chi connectivity index (χ3v) is 7.58. The zero-order valence-electron chi connectivity index (χ0n) is 27.4. The van der Waals surface area contributed by atoms with E-state index in [1.807, 2.05) is 50.5 Å². The minimum absolute atomic E-state index is 0.105. The van der Waals surface area contributed by atoms with Gasteiger partial charge >= 0.3 is 12.1 Å². The van der Waals surface area contributed by atoms with Crippen molar-refractivity contribution in [1.82, 2.24) is 4.90 Å². The number of nitrogens with two attached hydrogens (primary N) is 1. The van der Waals surface area contributed by atoms with Gasteiger partial charge in [-0.1, -0.05) is 61.2 Å². The topological polar surface area (TPSA) is 85.0 Å². The van der Waals surface area contributed by atoms with E-state index in [0.29, 0.717) is 24.8 Å². The number of rotatable bonds is 9. The normalized spacial score (nSPS) is 12.5. The van der Waals surface area contributed by atoms with Crippen molar-refractivity contribution >= 4 is 22.4 Å². The van der Waals surface area contributed by atoms with Crippen LogP contribution in [0.25, 0.3) is 27.6 Å². The second-order valence-corrected chi connectivity index (χ2v) is 11.6. The molecule has 5 rings (SSSR count). The van der Waals surface area contributed by atoms with E-state index in [2.05, 4.69) is 23.6 Å². The Kier molecular flexibility index (Phi) is 12.8. The number of ether oxygens (including phenoxy) is 2. The maximum atomic E-state index is 13.0. The molecule has 1 aliphatic carbocycles. The van der Waals surface area contributed by atoms with Crippen molar-refractivity contribution in [3.8, 4) is 22.6 Å². The molecule has 0 bridgehead atoms. The van der Waals surface area contributed by atoms with Crippen LogP contribution >= 0.6 is 0 Å². The maximum Gasteiger partial charge on any atom is 0.391 e. The van der Waals surface area contributed by atoms with Crippen LogP contribution < -0.4 is 15.2 Å². The molecule has 0 atom stereocenters. The van der Waals surface area contributed by atoms with Crippen LogP contribution in [0, 0.1) is 18.7 Å². The lowest BCUT2D eigenvalue weighted by atomic mass is 9.92. The summed E-state index contributed by atoms with van der Waals surface area (Å²) in [5.41, 5.74) is 10.9. The Bertz CT molecular complexity index is 1680. The molecular formula is C37H42F4N2O4. The first kappa shape index (κ1) is 36.9. The Labute approximate surface area is 273 Å². The summed E-state index contributed by atoms with van der Waals surface area (Å²) >= 11 is 0. The number of aryl methyl sites for hydroxylation is 2. The zero-order valence-corrected chi connectivity index (χ0v) is 27.4. The van der Waals surface area contributed by atoms with Crippen molar-refractivity contribution in [2.45, 2.75) is 45.3 Å². The Balaban J connectivity index is 0.000000270. The minimum Gasteiger partial charge on any atom is -0.496 e. The Morgan fingerprint density at radius 3 is 2.09 bits per heavy atom. The van der Waals surface area contributed by atoms with E-state index >= 15 is 0 Å². The summed E-state index contributed by atoms with van der Waals surface area (Å²) < 4.78 is 58.2. The van der Waals surface area contributed by atoms with E-state index in [9.17, 15) is 22.4 Å². The van der Waals surface area contributed by atoms with Crippen LogP contribution in [0.15, 0.2) is 73.3 Å². The van der Waals surface area contributed by atoms with Crippen LogP contribution in [-0.4, -0.2) is 50.5 Å². The quantitative estimate of drug-likeness (QED) is 0.176. The molecule has 0 unspecified atom stereocenters. The molecule has 47 heavy (non-hydrogen) atoms. The van der Waals surface area contributed by atoms with Crippen LogP contribution in [0.1, 0.15) is 41.5 Å². The minimum atomic E-state index is -3.89. The molecule has 10 heteroatoms.